The molecule has 3 aliphatic rings. The van der Waals surface area contributed by atoms with Gasteiger partial charge in [0.2, 0.25) is 0 Å². The molecule has 6 heteroatoms. The molecule has 1 saturated heterocycles. The molecule has 5 rings (SSSR count). The van der Waals surface area contributed by atoms with Crippen LogP contribution in [0.1, 0.15) is 47.2 Å². The Bertz CT molecular complexity index is 935. The maximum absolute atomic E-state index is 12.4. The third-order valence-electron chi connectivity index (χ3n) is 6.62. The van der Waals surface area contributed by atoms with Gasteiger partial charge in [-0.25, -0.2) is 0 Å². The lowest BCUT2D eigenvalue weighted by Gasteiger charge is -2.39. The van der Waals surface area contributed by atoms with Crippen LogP contribution in [0.4, 0.5) is 0 Å². The van der Waals surface area contributed by atoms with E-state index in [9.17, 15) is 9.90 Å². The van der Waals surface area contributed by atoms with Crippen LogP contribution in [0.2, 0.25) is 0 Å². The van der Waals surface area contributed by atoms with E-state index in [0.29, 0.717) is 30.5 Å². The number of ether oxygens (including phenoxy) is 2. The van der Waals surface area contributed by atoms with Crippen molar-refractivity contribution in [2.45, 2.75) is 50.0 Å². The molecule has 1 amide bonds. The Morgan fingerprint density at radius 2 is 1.90 bits per heavy atom. The zero-order chi connectivity index (χ0) is 21.3. The first-order valence-electron chi connectivity index (χ1n) is 11.3. The van der Waals surface area contributed by atoms with Gasteiger partial charge in [-0.15, -0.1) is 0 Å². The monoisotopic (exact) mass is 422 g/mol. The van der Waals surface area contributed by atoms with Gasteiger partial charge < -0.3 is 24.8 Å². The fourth-order valence-corrected chi connectivity index (χ4v) is 4.70. The van der Waals surface area contributed by atoms with Crippen molar-refractivity contribution in [3.8, 4) is 5.75 Å². The molecular weight excluding hydrogens is 392 g/mol. The van der Waals surface area contributed by atoms with Crippen molar-refractivity contribution in [1.29, 1.82) is 0 Å². The minimum Gasteiger partial charge on any atom is -0.490 e. The van der Waals surface area contributed by atoms with E-state index in [1.54, 1.807) is 12.1 Å². The fourth-order valence-electron chi connectivity index (χ4n) is 4.70. The van der Waals surface area contributed by atoms with E-state index in [1.807, 2.05) is 12.1 Å². The summed E-state index contributed by atoms with van der Waals surface area (Å²) in [6.45, 7) is 3.17. The molecule has 0 bridgehead atoms. The molecule has 31 heavy (non-hydrogen) atoms. The van der Waals surface area contributed by atoms with Crippen molar-refractivity contribution in [2.24, 2.45) is 0 Å². The summed E-state index contributed by atoms with van der Waals surface area (Å²) in [7, 11) is 0. The number of likely N-dealkylation sites (tertiary alicyclic amines) is 1. The number of benzene rings is 2. The average molecular weight is 423 g/mol. The van der Waals surface area contributed by atoms with Crippen LogP contribution in [-0.4, -0.2) is 54.3 Å². The van der Waals surface area contributed by atoms with E-state index in [0.717, 1.165) is 38.8 Å². The molecule has 164 valence electrons. The lowest BCUT2D eigenvalue weighted by molar-refractivity contribution is -0.0835. The molecule has 1 spiro atoms. The highest BCUT2D eigenvalue weighted by molar-refractivity contribution is 5.97. The van der Waals surface area contributed by atoms with Crippen molar-refractivity contribution in [1.82, 2.24) is 10.2 Å². The predicted molar refractivity (Wildman–Crippen MR) is 117 cm³/mol. The first-order chi connectivity index (χ1) is 15.1. The van der Waals surface area contributed by atoms with E-state index in [4.69, 9.17) is 9.47 Å². The number of fused-ring (bicyclic) bond motifs is 2. The van der Waals surface area contributed by atoms with Gasteiger partial charge in [0.25, 0.3) is 5.91 Å². The minimum atomic E-state index is -0.620. The lowest BCUT2D eigenvalue weighted by atomic mass is 9.84. The van der Waals surface area contributed by atoms with Gasteiger partial charge in [-0.1, -0.05) is 36.4 Å². The van der Waals surface area contributed by atoms with Crippen LogP contribution < -0.4 is 10.1 Å². The van der Waals surface area contributed by atoms with E-state index >= 15 is 0 Å². The van der Waals surface area contributed by atoms with Crippen molar-refractivity contribution >= 4 is 5.91 Å². The van der Waals surface area contributed by atoms with Gasteiger partial charge in [-0.3, -0.25) is 4.79 Å². The highest BCUT2D eigenvalue weighted by Gasteiger charge is 2.42. The van der Waals surface area contributed by atoms with Gasteiger partial charge >= 0.3 is 0 Å². The number of nitrogens with zero attached hydrogens (tertiary/aromatic N) is 1. The van der Waals surface area contributed by atoms with Gasteiger partial charge in [-0.2, -0.15) is 0 Å². The van der Waals surface area contributed by atoms with Crippen molar-refractivity contribution in [2.75, 3.05) is 26.2 Å². The van der Waals surface area contributed by atoms with Gasteiger partial charge in [0.1, 0.15) is 18.5 Å². The molecule has 6 nitrogen and oxygen atoms in total. The van der Waals surface area contributed by atoms with Crippen LogP contribution in [0.25, 0.3) is 0 Å². The van der Waals surface area contributed by atoms with Crippen LogP contribution in [0.3, 0.4) is 0 Å². The Morgan fingerprint density at radius 3 is 2.71 bits per heavy atom. The SMILES string of the molecule is O=C(NC1CC1)c1ccccc1OC[C@@H](O)CN1CCC2(CC1)OCc1ccccc12. The number of amides is 1. The van der Waals surface area contributed by atoms with Crippen molar-refractivity contribution in [3.05, 3.63) is 65.2 Å². The average Bonchev–Trinajstić information content (AvgIpc) is 3.55. The number of carbonyl (C=O) groups excluding carboxylic acids is 1. The number of hydrogen-bond acceptors (Lipinski definition) is 5. The minimum absolute atomic E-state index is 0.106. The summed E-state index contributed by atoms with van der Waals surface area (Å²) in [5.74, 6) is 0.416. The largest absolute Gasteiger partial charge is 0.490 e. The maximum atomic E-state index is 12.4. The van der Waals surface area contributed by atoms with Crippen LogP contribution in [0.5, 0.6) is 5.75 Å². The molecule has 2 aromatic carbocycles. The van der Waals surface area contributed by atoms with Crippen molar-refractivity contribution < 1.29 is 19.4 Å². The summed E-state index contributed by atoms with van der Waals surface area (Å²) in [4.78, 5) is 14.7. The van der Waals surface area contributed by atoms with Gasteiger partial charge in [0.05, 0.1) is 17.8 Å². The Balaban J connectivity index is 1.12. The normalized spacial score (nSPS) is 20.9. The molecule has 2 N–H and O–H groups in total. The summed E-state index contributed by atoms with van der Waals surface area (Å²) in [5, 5.41) is 13.6. The number of hydrogen-bond donors (Lipinski definition) is 2. The second-order valence-corrected chi connectivity index (χ2v) is 8.95. The Labute approximate surface area is 183 Å². The van der Waals surface area contributed by atoms with Crippen molar-refractivity contribution in [3.63, 3.8) is 0 Å². The van der Waals surface area contributed by atoms with Crippen LogP contribution >= 0.6 is 0 Å². The molecular formula is C25H30N2O4. The van der Waals surface area contributed by atoms with Crippen LogP contribution in [0.15, 0.2) is 48.5 Å². The standard InChI is InChI=1S/C25H30N2O4/c28-20(17-30-23-8-4-2-6-21(23)24(29)26-19-9-10-19)15-27-13-11-25(12-14-27)22-7-3-1-5-18(22)16-31-25/h1-8,19-20,28H,9-17H2,(H,26,29)/t20-/m0/s1. The third kappa shape index (κ3) is 4.47. The van der Waals surface area contributed by atoms with Gasteiger partial charge in [0.15, 0.2) is 0 Å². The highest BCUT2D eigenvalue weighted by Crippen LogP contribution is 2.43. The molecule has 1 atom stereocenters. The zero-order valence-electron chi connectivity index (χ0n) is 17.8. The number of rotatable bonds is 7. The number of para-hydroxylation sites is 1. The van der Waals surface area contributed by atoms with Gasteiger partial charge in [0, 0.05) is 25.7 Å². The van der Waals surface area contributed by atoms with Crippen LogP contribution in [-0.2, 0) is 16.9 Å². The highest BCUT2D eigenvalue weighted by atomic mass is 16.5. The third-order valence-corrected chi connectivity index (χ3v) is 6.62. The first kappa shape index (κ1) is 20.5. The summed E-state index contributed by atoms with van der Waals surface area (Å²) in [6, 6.07) is 16.0. The van der Waals surface area contributed by atoms with E-state index in [-0.39, 0.29) is 18.1 Å². The smallest absolute Gasteiger partial charge is 0.255 e. The molecule has 1 aliphatic carbocycles. The summed E-state index contributed by atoms with van der Waals surface area (Å²) >= 11 is 0. The second-order valence-electron chi connectivity index (χ2n) is 8.95. The number of β-amino-alcohol motifs (C(OH)–C–C–N with tert-alkyl or cyclic N) is 1. The lowest BCUT2D eigenvalue weighted by Crippen LogP contribution is -2.46. The predicted octanol–water partition coefficient (Wildman–Crippen LogP) is 2.84. The Kier molecular flexibility index (Phi) is 5.69. The number of carbonyl (C=O) groups is 1. The summed E-state index contributed by atoms with van der Waals surface area (Å²) in [5.41, 5.74) is 2.99. The Morgan fingerprint density at radius 1 is 1.16 bits per heavy atom. The number of aliphatic hydroxyl groups is 1. The molecule has 2 aliphatic heterocycles. The molecule has 0 radical (unpaired) electrons. The number of piperidine rings is 1. The second kappa shape index (κ2) is 8.61. The quantitative estimate of drug-likeness (QED) is 0.718. The number of nitrogens with one attached hydrogen (secondary N) is 1. The molecule has 2 fully saturated rings. The summed E-state index contributed by atoms with van der Waals surface area (Å²) in [6.07, 6.45) is 3.33. The summed E-state index contributed by atoms with van der Waals surface area (Å²) < 4.78 is 12.1. The van der Waals surface area contributed by atoms with Crippen LogP contribution in [0, 0.1) is 0 Å². The van der Waals surface area contributed by atoms with Gasteiger partial charge in [-0.05, 0) is 48.9 Å². The maximum Gasteiger partial charge on any atom is 0.255 e. The molecule has 0 unspecified atom stereocenters. The Hall–Kier alpha value is -2.41. The fraction of sp³-hybridized carbons (Fsp3) is 0.480. The topological polar surface area (TPSA) is 71.0 Å². The van der Waals surface area contributed by atoms with E-state index in [1.165, 1.54) is 11.1 Å². The molecule has 2 heterocycles. The molecule has 1 saturated carbocycles. The number of aliphatic hydroxyl groups excluding tert-OH is 1. The van der Waals surface area contributed by atoms with E-state index in [2.05, 4.69) is 34.5 Å². The van der Waals surface area contributed by atoms with E-state index < -0.39 is 6.10 Å². The first-order valence-corrected chi connectivity index (χ1v) is 11.3. The molecule has 0 aromatic heterocycles. The molecule has 2 aromatic rings. The zero-order valence-corrected chi connectivity index (χ0v) is 17.8.